The molecule has 0 aliphatic carbocycles. The van der Waals surface area contributed by atoms with Crippen LogP contribution < -0.4 is 11.2 Å². The van der Waals surface area contributed by atoms with E-state index in [4.69, 9.17) is 18.9 Å². The minimum absolute atomic E-state index is 0.134. The number of aliphatic hydroxyl groups excluding tert-OH is 1. The van der Waals surface area contributed by atoms with Crippen LogP contribution in [0.2, 0.25) is 0 Å². The fraction of sp³-hybridized carbons (Fsp3) is 0.714. The van der Waals surface area contributed by atoms with Crippen molar-refractivity contribution in [2.45, 2.75) is 72.5 Å². The van der Waals surface area contributed by atoms with Gasteiger partial charge in [0, 0.05) is 6.42 Å². The number of nitrogens with zero attached hydrogens (tertiary/aromatic N) is 1. The van der Waals surface area contributed by atoms with Crippen molar-refractivity contribution in [3.63, 3.8) is 0 Å². The Kier molecular flexibility index (Phi) is 8.20. The summed E-state index contributed by atoms with van der Waals surface area (Å²) >= 11 is 0. The van der Waals surface area contributed by atoms with Crippen molar-refractivity contribution in [1.82, 2.24) is 9.55 Å². The molecule has 1 aliphatic heterocycles. The lowest BCUT2D eigenvalue weighted by Crippen LogP contribution is -2.42. The second-order valence-electron chi connectivity index (χ2n) is 9.86. The van der Waals surface area contributed by atoms with E-state index in [2.05, 4.69) is 0 Å². The Hall–Kier alpha value is -2.57. The smallest absolute Gasteiger partial charge is 0.330 e. The molecule has 1 fully saturated rings. The first kappa shape index (κ1) is 26.7. The van der Waals surface area contributed by atoms with Gasteiger partial charge in [-0.25, -0.2) is 4.79 Å². The maximum absolute atomic E-state index is 13.7. The SMILES string of the molecule is CC(C)(C)C(=O)OCOC(COC(=O)C(C)(C)C)[C@H]1O[C@@H](n2cc(F)c(=O)[nH]c2=O)C[C@@H]1O. The summed E-state index contributed by atoms with van der Waals surface area (Å²) in [5.41, 5.74) is -3.68. The van der Waals surface area contributed by atoms with Crippen LogP contribution in [0.1, 0.15) is 54.2 Å². The van der Waals surface area contributed by atoms with E-state index >= 15 is 0 Å². The van der Waals surface area contributed by atoms with E-state index in [1.54, 1.807) is 41.5 Å². The molecule has 2 rings (SSSR count). The molecule has 2 N–H and O–H groups in total. The first-order valence-electron chi connectivity index (χ1n) is 10.4. The van der Waals surface area contributed by atoms with Gasteiger partial charge in [0.15, 0.2) is 6.79 Å². The molecule has 1 unspecified atom stereocenters. The first-order valence-corrected chi connectivity index (χ1v) is 10.4. The third-order valence-electron chi connectivity index (χ3n) is 4.81. The summed E-state index contributed by atoms with van der Waals surface area (Å²) in [6.45, 7) is 9.11. The summed E-state index contributed by atoms with van der Waals surface area (Å²) in [6, 6.07) is 0. The zero-order valence-corrected chi connectivity index (χ0v) is 19.5. The topological polar surface area (TPSA) is 146 Å². The highest BCUT2D eigenvalue weighted by Crippen LogP contribution is 2.31. The molecule has 0 radical (unpaired) electrons. The number of hydrogen-bond acceptors (Lipinski definition) is 9. The molecule has 186 valence electrons. The van der Waals surface area contributed by atoms with Gasteiger partial charge >= 0.3 is 17.6 Å². The molecule has 1 aromatic heterocycles. The molecule has 33 heavy (non-hydrogen) atoms. The van der Waals surface area contributed by atoms with Crippen LogP contribution in [0.25, 0.3) is 0 Å². The predicted octanol–water partition coefficient (Wildman–Crippen LogP) is 0.845. The molecule has 1 saturated heterocycles. The Morgan fingerprint density at radius 2 is 1.76 bits per heavy atom. The third kappa shape index (κ3) is 6.95. The summed E-state index contributed by atoms with van der Waals surface area (Å²) in [5.74, 6) is -2.27. The van der Waals surface area contributed by atoms with Gasteiger partial charge in [-0.15, -0.1) is 0 Å². The highest BCUT2D eigenvalue weighted by atomic mass is 19.1. The Bertz CT molecular complexity index is 974. The molecule has 1 aliphatic rings. The van der Waals surface area contributed by atoms with E-state index in [-0.39, 0.29) is 13.0 Å². The quantitative estimate of drug-likeness (QED) is 0.434. The summed E-state index contributed by atoms with van der Waals surface area (Å²) in [4.78, 5) is 49.3. The van der Waals surface area contributed by atoms with Crippen LogP contribution in [0, 0.1) is 16.6 Å². The second-order valence-corrected chi connectivity index (χ2v) is 9.86. The highest BCUT2D eigenvalue weighted by molar-refractivity contribution is 5.75. The molecule has 11 nitrogen and oxygen atoms in total. The van der Waals surface area contributed by atoms with Gasteiger partial charge in [0.05, 0.1) is 23.1 Å². The molecule has 4 atom stereocenters. The molecule has 0 saturated carbocycles. The lowest BCUT2D eigenvalue weighted by molar-refractivity contribution is -0.193. The number of rotatable bonds is 7. The van der Waals surface area contributed by atoms with Crippen molar-refractivity contribution >= 4 is 11.9 Å². The van der Waals surface area contributed by atoms with Crippen LogP contribution in [0.4, 0.5) is 4.39 Å². The van der Waals surface area contributed by atoms with Crippen LogP contribution >= 0.6 is 0 Å². The van der Waals surface area contributed by atoms with E-state index in [1.165, 1.54) is 0 Å². The van der Waals surface area contributed by atoms with Crippen LogP contribution in [0.3, 0.4) is 0 Å². The summed E-state index contributed by atoms with van der Waals surface area (Å²) < 4.78 is 36.1. The number of ether oxygens (including phenoxy) is 4. The number of aromatic amines is 1. The number of esters is 2. The molecular weight excluding hydrogens is 443 g/mol. The van der Waals surface area contributed by atoms with E-state index in [0.29, 0.717) is 6.20 Å². The van der Waals surface area contributed by atoms with Gasteiger partial charge in [-0.1, -0.05) is 0 Å². The standard InChI is InChI=1S/C21H31FN2O9/c1-20(2,3)17(27)30-9-13(31-10-32-18(28)21(4,5)6)15-12(25)7-14(33-15)24-8-11(22)16(26)23-19(24)29/h8,12-15,25H,7,9-10H2,1-6H3,(H,23,26,29)/t12-,13?,14+,15-/m0/s1. The molecular formula is C21H31FN2O9. The van der Waals surface area contributed by atoms with Crippen molar-refractivity contribution in [2.75, 3.05) is 13.4 Å². The molecule has 1 aromatic rings. The molecule has 2 heterocycles. The number of aliphatic hydroxyl groups is 1. The number of aromatic nitrogens is 2. The predicted molar refractivity (Wildman–Crippen MR) is 112 cm³/mol. The van der Waals surface area contributed by atoms with Crippen molar-refractivity contribution in [2.24, 2.45) is 10.8 Å². The Balaban J connectivity index is 2.17. The molecule has 0 spiro atoms. The number of nitrogens with one attached hydrogen (secondary N) is 1. The lowest BCUT2D eigenvalue weighted by atomic mass is 9.97. The summed E-state index contributed by atoms with van der Waals surface area (Å²) in [6.07, 6.45) is -3.96. The van der Waals surface area contributed by atoms with Gasteiger partial charge in [-0.2, -0.15) is 4.39 Å². The van der Waals surface area contributed by atoms with Crippen molar-refractivity contribution in [3.8, 4) is 0 Å². The van der Waals surface area contributed by atoms with Gasteiger partial charge in [-0.05, 0) is 41.5 Å². The Morgan fingerprint density at radius 1 is 1.18 bits per heavy atom. The van der Waals surface area contributed by atoms with Gasteiger partial charge in [0.25, 0.3) is 5.56 Å². The molecule has 0 bridgehead atoms. The third-order valence-corrected chi connectivity index (χ3v) is 4.81. The van der Waals surface area contributed by atoms with Gasteiger partial charge in [0.2, 0.25) is 5.82 Å². The molecule has 12 heteroatoms. The second kappa shape index (κ2) is 10.1. The van der Waals surface area contributed by atoms with Crippen LogP contribution in [0.5, 0.6) is 0 Å². The van der Waals surface area contributed by atoms with E-state index in [0.717, 1.165) is 4.57 Å². The fourth-order valence-corrected chi connectivity index (χ4v) is 2.86. The van der Waals surface area contributed by atoms with Crippen molar-refractivity contribution in [3.05, 3.63) is 32.9 Å². The summed E-state index contributed by atoms with van der Waals surface area (Å²) in [7, 11) is 0. The van der Waals surface area contributed by atoms with Crippen molar-refractivity contribution < 1.29 is 38.0 Å². The average Bonchev–Trinajstić information content (AvgIpc) is 3.06. The zero-order valence-electron chi connectivity index (χ0n) is 19.5. The monoisotopic (exact) mass is 474 g/mol. The van der Waals surface area contributed by atoms with E-state index in [9.17, 15) is 28.7 Å². The van der Waals surface area contributed by atoms with Crippen LogP contribution in [-0.4, -0.2) is 58.3 Å². The highest BCUT2D eigenvalue weighted by Gasteiger charge is 2.42. The van der Waals surface area contributed by atoms with Crippen LogP contribution in [0.15, 0.2) is 15.8 Å². The fourth-order valence-electron chi connectivity index (χ4n) is 2.86. The summed E-state index contributed by atoms with van der Waals surface area (Å²) in [5, 5.41) is 10.5. The number of hydrogen-bond donors (Lipinski definition) is 2. The van der Waals surface area contributed by atoms with Gasteiger partial charge < -0.3 is 24.1 Å². The Labute approximate surface area is 189 Å². The first-order chi connectivity index (χ1) is 15.1. The normalized spacial score (nSPS) is 22.1. The number of H-pyrrole nitrogens is 1. The minimum Gasteiger partial charge on any atom is -0.462 e. The maximum Gasteiger partial charge on any atom is 0.330 e. The lowest BCUT2D eigenvalue weighted by Gasteiger charge is -2.27. The minimum atomic E-state index is -1.20. The van der Waals surface area contributed by atoms with Gasteiger partial charge in [0.1, 0.15) is 25.0 Å². The number of carbonyl (C=O) groups excluding carboxylic acids is 2. The van der Waals surface area contributed by atoms with E-state index < -0.39 is 71.2 Å². The maximum atomic E-state index is 13.7. The number of carbonyl (C=O) groups is 2. The van der Waals surface area contributed by atoms with Gasteiger partial charge in [-0.3, -0.25) is 23.9 Å². The Morgan fingerprint density at radius 3 is 2.33 bits per heavy atom. The molecule has 0 aromatic carbocycles. The zero-order chi connectivity index (χ0) is 25.1. The van der Waals surface area contributed by atoms with Crippen molar-refractivity contribution in [1.29, 1.82) is 0 Å². The van der Waals surface area contributed by atoms with Crippen LogP contribution in [-0.2, 0) is 28.5 Å². The van der Waals surface area contributed by atoms with E-state index in [1.807, 2.05) is 4.98 Å². The average molecular weight is 474 g/mol. The molecule has 0 amide bonds. The largest absolute Gasteiger partial charge is 0.462 e. The number of halogens is 1.